The number of rotatable bonds is 3. The summed E-state index contributed by atoms with van der Waals surface area (Å²) >= 11 is 0. The maximum atomic E-state index is 14.0. The lowest BCUT2D eigenvalue weighted by Crippen LogP contribution is -2.03. The minimum Gasteiger partial charge on any atom is -0.495 e. The second-order valence-corrected chi connectivity index (χ2v) is 4.00. The number of aryl methyl sites for hydroxylation is 1. The van der Waals surface area contributed by atoms with Crippen LogP contribution < -0.4 is 4.74 Å². The Morgan fingerprint density at radius 1 is 1.32 bits per heavy atom. The molecule has 0 atom stereocenters. The van der Waals surface area contributed by atoms with Crippen molar-refractivity contribution >= 4 is 5.97 Å². The molecule has 0 unspecified atom stereocenters. The van der Waals surface area contributed by atoms with Gasteiger partial charge in [-0.25, -0.2) is 9.18 Å². The molecule has 4 nitrogen and oxygen atoms in total. The number of carboxylic acid groups (broad SMARTS) is 1. The molecule has 2 rings (SSSR count). The first-order valence-electron chi connectivity index (χ1n) is 5.57. The van der Waals surface area contributed by atoms with Gasteiger partial charge in [0.05, 0.1) is 12.7 Å². The van der Waals surface area contributed by atoms with E-state index in [1.807, 2.05) is 6.92 Å². The second kappa shape index (κ2) is 5.06. The van der Waals surface area contributed by atoms with Crippen molar-refractivity contribution in [3.05, 3.63) is 47.5 Å². The molecule has 1 aromatic carbocycles. The molecule has 0 fully saturated rings. The van der Waals surface area contributed by atoms with Crippen LogP contribution >= 0.6 is 0 Å². The van der Waals surface area contributed by atoms with E-state index in [0.717, 1.165) is 11.8 Å². The quantitative estimate of drug-likeness (QED) is 0.922. The first-order chi connectivity index (χ1) is 9.04. The molecule has 0 aliphatic carbocycles. The molecule has 0 bridgehead atoms. The van der Waals surface area contributed by atoms with Gasteiger partial charge in [0.25, 0.3) is 0 Å². The highest BCUT2D eigenvalue weighted by Gasteiger charge is 2.20. The van der Waals surface area contributed by atoms with Crippen LogP contribution in [0, 0.1) is 12.7 Å². The number of carboxylic acids is 1. The molecule has 0 aliphatic rings. The molecule has 0 saturated heterocycles. The third kappa shape index (κ3) is 2.40. The molecular weight excluding hydrogens is 249 g/mol. The summed E-state index contributed by atoms with van der Waals surface area (Å²) in [5, 5.41) is 9.09. The Hall–Kier alpha value is -2.43. The maximum absolute atomic E-state index is 14.0. The lowest BCUT2D eigenvalue weighted by molar-refractivity contribution is 0.0693. The number of halogens is 1. The predicted molar refractivity (Wildman–Crippen MR) is 67.9 cm³/mol. The van der Waals surface area contributed by atoms with Crippen molar-refractivity contribution < 1.29 is 19.0 Å². The van der Waals surface area contributed by atoms with E-state index in [9.17, 15) is 9.18 Å². The average Bonchev–Trinajstić information content (AvgIpc) is 2.39. The van der Waals surface area contributed by atoms with Gasteiger partial charge in [0.1, 0.15) is 17.1 Å². The smallest absolute Gasteiger partial charge is 0.339 e. The number of benzene rings is 1. The fraction of sp³-hybridized carbons (Fsp3) is 0.143. The lowest BCUT2D eigenvalue weighted by Gasteiger charge is -2.12. The topological polar surface area (TPSA) is 59.4 Å². The molecular formula is C14H12FNO3. The summed E-state index contributed by atoms with van der Waals surface area (Å²) in [6.07, 6.45) is 1.49. The monoisotopic (exact) mass is 261 g/mol. The number of hydrogen-bond acceptors (Lipinski definition) is 3. The summed E-state index contributed by atoms with van der Waals surface area (Å²) in [4.78, 5) is 15.2. The molecule has 0 saturated carbocycles. The molecule has 0 aliphatic heterocycles. The van der Waals surface area contributed by atoms with Crippen LogP contribution in [-0.2, 0) is 0 Å². The molecule has 0 amide bonds. The third-order valence-electron chi connectivity index (χ3n) is 2.74. The molecule has 1 aromatic heterocycles. The van der Waals surface area contributed by atoms with E-state index in [4.69, 9.17) is 9.84 Å². The van der Waals surface area contributed by atoms with Gasteiger partial charge >= 0.3 is 5.97 Å². The van der Waals surface area contributed by atoms with Gasteiger partial charge in [0.2, 0.25) is 0 Å². The van der Waals surface area contributed by atoms with Crippen molar-refractivity contribution in [1.29, 1.82) is 0 Å². The standard InChI is InChI=1S/C14H12FNO3/c1-8-3-4-9(7-16-8)12-11(15)6-5-10(14(17)18)13(12)19-2/h3-7H,1-2H3,(H,17,18). The van der Waals surface area contributed by atoms with Crippen LogP contribution in [0.1, 0.15) is 16.1 Å². The summed E-state index contributed by atoms with van der Waals surface area (Å²) in [6, 6.07) is 5.69. The zero-order chi connectivity index (χ0) is 14.0. The van der Waals surface area contributed by atoms with E-state index in [2.05, 4.69) is 4.98 Å². The predicted octanol–water partition coefficient (Wildman–Crippen LogP) is 2.90. The summed E-state index contributed by atoms with van der Waals surface area (Å²) in [7, 11) is 1.31. The highest BCUT2D eigenvalue weighted by molar-refractivity contribution is 5.94. The number of aromatic nitrogens is 1. The SMILES string of the molecule is COc1c(C(=O)O)ccc(F)c1-c1ccc(C)nc1. The van der Waals surface area contributed by atoms with Crippen LogP contribution in [0.4, 0.5) is 4.39 Å². The fourth-order valence-electron chi connectivity index (χ4n) is 1.82. The van der Waals surface area contributed by atoms with Crippen molar-refractivity contribution in [2.45, 2.75) is 6.92 Å². The number of ether oxygens (including phenoxy) is 1. The number of aromatic carboxylic acids is 1. The molecule has 19 heavy (non-hydrogen) atoms. The largest absolute Gasteiger partial charge is 0.495 e. The molecule has 5 heteroatoms. The molecule has 1 N–H and O–H groups in total. The Morgan fingerprint density at radius 2 is 2.05 bits per heavy atom. The summed E-state index contributed by atoms with van der Waals surface area (Å²) in [5.41, 5.74) is 1.29. The Morgan fingerprint density at radius 3 is 2.58 bits per heavy atom. The van der Waals surface area contributed by atoms with Gasteiger partial charge in [-0.15, -0.1) is 0 Å². The Labute approximate surface area is 109 Å². The van der Waals surface area contributed by atoms with Crippen molar-refractivity contribution in [3.63, 3.8) is 0 Å². The highest BCUT2D eigenvalue weighted by Crippen LogP contribution is 2.35. The van der Waals surface area contributed by atoms with Crippen molar-refractivity contribution in [1.82, 2.24) is 4.98 Å². The van der Waals surface area contributed by atoms with Crippen LogP contribution in [0.3, 0.4) is 0 Å². The molecule has 1 heterocycles. The minimum absolute atomic E-state index is 0.00171. The van der Waals surface area contributed by atoms with Gasteiger partial charge in [-0.1, -0.05) is 6.07 Å². The first kappa shape index (κ1) is 13.0. The zero-order valence-electron chi connectivity index (χ0n) is 10.5. The van der Waals surface area contributed by atoms with E-state index >= 15 is 0 Å². The number of pyridine rings is 1. The molecule has 0 radical (unpaired) electrons. The summed E-state index contributed by atoms with van der Waals surface area (Å²) < 4.78 is 19.0. The van der Waals surface area contributed by atoms with Crippen LogP contribution in [0.2, 0.25) is 0 Å². The van der Waals surface area contributed by atoms with Crippen LogP contribution in [-0.4, -0.2) is 23.2 Å². The molecule has 0 spiro atoms. The van der Waals surface area contributed by atoms with Gasteiger partial charge in [-0.3, -0.25) is 4.98 Å². The van der Waals surface area contributed by atoms with Gasteiger partial charge in [0.15, 0.2) is 0 Å². The van der Waals surface area contributed by atoms with Crippen molar-refractivity contribution in [3.8, 4) is 16.9 Å². The maximum Gasteiger partial charge on any atom is 0.339 e. The second-order valence-electron chi connectivity index (χ2n) is 4.00. The lowest BCUT2D eigenvalue weighted by atomic mass is 10.0. The number of nitrogens with zero attached hydrogens (tertiary/aromatic N) is 1. The van der Waals surface area contributed by atoms with Crippen LogP contribution in [0.15, 0.2) is 30.5 Å². The summed E-state index contributed by atoms with van der Waals surface area (Å²) in [5.74, 6) is -1.72. The van der Waals surface area contributed by atoms with Crippen LogP contribution in [0.5, 0.6) is 5.75 Å². The van der Waals surface area contributed by atoms with E-state index < -0.39 is 11.8 Å². The fourth-order valence-corrected chi connectivity index (χ4v) is 1.82. The van der Waals surface area contributed by atoms with E-state index in [0.29, 0.717) is 5.56 Å². The number of methoxy groups -OCH3 is 1. The van der Waals surface area contributed by atoms with E-state index in [1.165, 1.54) is 19.4 Å². The van der Waals surface area contributed by atoms with Gasteiger partial charge in [-0.05, 0) is 25.1 Å². The minimum atomic E-state index is -1.17. The van der Waals surface area contributed by atoms with E-state index in [1.54, 1.807) is 12.1 Å². The number of hydrogen-bond donors (Lipinski definition) is 1. The first-order valence-corrected chi connectivity index (χ1v) is 5.57. The molecule has 2 aromatic rings. The van der Waals surface area contributed by atoms with Crippen molar-refractivity contribution in [2.75, 3.05) is 7.11 Å². The average molecular weight is 261 g/mol. The molecule has 98 valence electrons. The van der Waals surface area contributed by atoms with E-state index in [-0.39, 0.29) is 16.9 Å². The Balaban J connectivity index is 2.70. The van der Waals surface area contributed by atoms with Crippen LogP contribution in [0.25, 0.3) is 11.1 Å². The van der Waals surface area contributed by atoms with Crippen molar-refractivity contribution in [2.24, 2.45) is 0 Å². The Kier molecular flexibility index (Phi) is 3.46. The third-order valence-corrected chi connectivity index (χ3v) is 2.74. The summed E-state index contributed by atoms with van der Waals surface area (Å²) in [6.45, 7) is 1.81. The van der Waals surface area contributed by atoms with Gasteiger partial charge in [-0.2, -0.15) is 0 Å². The normalized spacial score (nSPS) is 10.3. The highest BCUT2D eigenvalue weighted by atomic mass is 19.1. The number of carbonyl (C=O) groups is 1. The Bertz CT molecular complexity index is 623. The van der Waals surface area contributed by atoms with Gasteiger partial charge in [0, 0.05) is 17.5 Å². The van der Waals surface area contributed by atoms with Gasteiger partial charge < -0.3 is 9.84 Å². The zero-order valence-corrected chi connectivity index (χ0v) is 10.5.